The van der Waals surface area contributed by atoms with Crippen LogP contribution in [0.25, 0.3) is 0 Å². The summed E-state index contributed by atoms with van der Waals surface area (Å²) < 4.78 is 60.0. The number of ether oxygens (including phenoxy) is 1. The van der Waals surface area contributed by atoms with Crippen LogP contribution in [-0.2, 0) is 6.18 Å². The molecular formula is C22H20F4N4O2. The first-order chi connectivity index (χ1) is 15.2. The van der Waals surface area contributed by atoms with E-state index in [1.165, 1.54) is 24.1 Å². The number of hydrogen-bond donors (Lipinski definition) is 1. The fourth-order valence-corrected chi connectivity index (χ4v) is 3.66. The van der Waals surface area contributed by atoms with E-state index in [9.17, 15) is 27.6 Å². The smallest absolute Gasteiger partial charge is 0.418 e. The maximum Gasteiger partial charge on any atom is 0.418 e. The molecule has 0 bridgehead atoms. The maximum atomic E-state index is 14.4. The zero-order valence-electron chi connectivity index (χ0n) is 17.2. The van der Waals surface area contributed by atoms with Crippen LogP contribution < -0.4 is 15.0 Å². The molecule has 0 aromatic heterocycles. The van der Waals surface area contributed by atoms with Gasteiger partial charge in [0, 0.05) is 24.3 Å². The Labute approximate surface area is 182 Å². The van der Waals surface area contributed by atoms with Crippen molar-refractivity contribution >= 4 is 24.0 Å². The first kappa shape index (κ1) is 23.2. The van der Waals surface area contributed by atoms with Gasteiger partial charge < -0.3 is 15.0 Å². The van der Waals surface area contributed by atoms with Crippen molar-refractivity contribution in [2.45, 2.75) is 25.1 Å². The number of nitrogens with zero attached hydrogens (tertiary/aromatic N) is 3. The summed E-state index contributed by atoms with van der Waals surface area (Å²) in [5.74, 6) is -1.63. The van der Waals surface area contributed by atoms with Gasteiger partial charge in [0.05, 0.1) is 35.6 Å². The molecule has 2 aromatic rings. The van der Waals surface area contributed by atoms with Gasteiger partial charge in [-0.1, -0.05) is 0 Å². The molecule has 10 heteroatoms. The fourth-order valence-electron chi connectivity index (χ4n) is 3.66. The minimum atomic E-state index is -4.86. The topological polar surface area (TPSA) is 77.7 Å². The fraction of sp³-hybridized carbons (Fsp3) is 0.318. The van der Waals surface area contributed by atoms with E-state index >= 15 is 0 Å². The standard InChI is InChI=1S/C22H20F4N4O2/c1-28-20-16(8-13(11-27)9-17(20)22(24,25)26)21(31)30(12-14-4-3-7-29-14)15-5-6-19(32-2)18(23)10-15/h5-6,8-10,14,29H,1,3-4,7,12H2,2H3. The van der Waals surface area contributed by atoms with Crippen molar-refractivity contribution in [3.63, 3.8) is 0 Å². The lowest BCUT2D eigenvalue weighted by Gasteiger charge is -2.27. The minimum absolute atomic E-state index is 0.0422. The number of nitrogens with one attached hydrogen (secondary N) is 1. The van der Waals surface area contributed by atoms with Crippen LogP contribution in [0, 0.1) is 17.1 Å². The number of amides is 1. The van der Waals surface area contributed by atoms with Gasteiger partial charge in [0.2, 0.25) is 0 Å². The third-order valence-corrected chi connectivity index (χ3v) is 5.19. The highest BCUT2D eigenvalue weighted by Crippen LogP contribution is 2.40. The lowest BCUT2D eigenvalue weighted by molar-refractivity contribution is -0.137. The number of nitriles is 1. The van der Waals surface area contributed by atoms with Crippen molar-refractivity contribution in [1.82, 2.24) is 5.32 Å². The molecule has 1 atom stereocenters. The predicted molar refractivity (Wildman–Crippen MR) is 111 cm³/mol. The number of hydrogen-bond acceptors (Lipinski definition) is 5. The van der Waals surface area contributed by atoms with Gasteiger partial charge in [-0.3, -0.25) is 9.79 Å². The summed E-state index contributed by atoms with van der Waals surface area (Å²) in [6.07, 6.45) is -3.26. The SMILES string of the molecule is C=Nc1c(C(=O)N(CC2CCCN2)c2ccc(OC)c(F)c2)cc(C#N)cc1C(F)(F)F. The van der Waals surface area contributed by atoms with Gasteiger partial charge in [-0.2, -0.15) is 18.4 Å². The van der Waals surface area contributed by atoms with Crippen LogP contribution >= 0.6 is 0 Å². The van der Waals surface area contributed by atoms with Crippen LogP contribution in [0.3, 0.4) is 0 Å². The molecule has 168 valence electrons. The average molecular weight is 448 g/mol. The quantitative estimate of drug-likeness (QED) is 0.523. The van der Waals surface area contributed by atoms with Crippen molar-refractivity contribution in [1.29, 1.82) is 5.26 Å². The van der Waals surface area contributed by atoms with Crippen molar-refractivity contribution in [2.24, 2.45) is 4.99 Å². The minimum Gasteiger partial charge on any atom is -0.494 e. The summed E-state index contributed by atoms with van der Waals surface area (Å²) in [7, 11) is 1.29. The van der Waals surface area contributed by atoms with E-state index < -0.39 is 34.7 Å². The molecule has 1 saturated heterocycles. The molecule has 2 aromatic carbocycles. The first-order valence-electron chi connectivity index (χ1n) is 9.70. The Morgan fingerprint density at radius 1 is 1.38 bits per heavy atom. The molecule has 1 amide bonds. The Bertz CT molecular complexity index is 1070. The number of halogens is 4. The van der Waals surface area contributed by atoms with Crippen molar-refractivity contribution in [3.8, 4) is 11.8 Å². The van der Waals surface area contributed by atoms with Crippen LogP contribution in [0.15, 0.2) is 35.3 Å². The van der Waals surface area contributed by atoms with Crippen LogP contribution in [-0.4, -0.2) is 38.9 Å². The summed E-state index contributed by atoms with van der Waals surface area (Å²) in [5, 5.41) is 12.4. The van der Waals surface area contributed by atoms with Gasteiger partial charge in [-0.15, -0.1) is 0 Å². The number of rotatable bonds is 6. The predicted octanol–water partition coefficient (Wildman–Crippen LogP) is 4.46. The Kier molecular flexibility index (Phi) is 6.79. The molecule has 0 spiro atoms. The molecule has 1 unspecified atom stereocenters. The molecule has 0 saturated carbocycles. The van der Waals surface area contributed by atoms with Crippen LogP contribution in [0.5, 0.6) is 5.75 Å². The van der Waals surface area contributed by atoms with E-state index in [1.807, 2.05) is 0 Å². The van der Waals surface area contributed by atoms with Gasteiger partial charge in [0.25, 0.3) is 5.91 Å². The number of aliphatic imine (C=N–C) groups is 1. The summed E-state index contributed by atoms with van der Waals surface area (Å²) in [6.45, 7) is 3.99. The highest BCUT2D eigenvalue weighted by molar-refractivity contribution is 6.10. The van der Waals surface area contributed by atoms with E-state index in [-0.39, 0.29) is 29.6 Å². The highest BCUT2D eigenvalue weighted by atomic mass is 19.4. The monoisotopic (exact) mass is 448 g/mol. The molecule has 0 aliphatic carbocycles. The highest BCUT2D eigenvalue weighted by Gasteiger charge is 2.37. The molecule has 1 heterocycles. The second-order valence-corrected chi connectivity index (χ2v) is 7.22. The van der Waals surface area contributed by atoms with Gasteiger partial charge in [0.15, 0.2) is 11.6 Å². The summed E-state index contributed by atoms with van der Waals surface area (Å²) in [6, 6.07) is 7.01. The number of anilines is 1. The zero-order valence-corrected chi connectivity index (χ0v) is 17.2. The molecular weight excluding hydrogens is 428 g/mol. The Hall–Kier alpha value is -3.45. The van der Waals surface area contributed by atoms with Crippen molar-refractivity contribution in [2.75, 3.05) is 25.1 Å². The van der Waals surface area contributed by atoms with Gasteiger partial charge in [-0.25, -0.2) is 4.39 Å². The van der Waals surface area contributed by atoms with E-state index in [2.05, 4.69) is 17.0 Å². The largest absolute Gasteiger partial charge is 0.494 e. The van der Waals surface area contributed by atoms with Gasteiger partial charge in [-0.05, 0) is 50.4 Å². The Balaban J connectivity index is 2.15. The second kappa shape index (κ2) is 9.36. The zero-order chi connectivity index (χ0) is 23.5. The van der Waals surface area contributed by atoms with E-state index in [4.69, 9.17) is 4.74 Å². The molecule has 1 aliphatic rings. The normalized spacial score (nSPS) is 15.8. The number of methoxy groups -OCH3 is 1. The third-order valence-electron chi connectivity index (χ3n) is 5.19. The maximum absolute atomic E-state index is 14.4. The number of alkyl halides is 3. The molecule has 0 radical (unpaired) electrons. The van der Waals surface area contributed by atoms with E-state index in [0.29, 0.717) is 6.07 Å². The van der Waals surface area contributed by atoms with Gasteiger partial charge in [0.1, 0.15) is 0 Å². The number of carbonyl (C=O) groups excluding carboxylic acids is 1. The summed E-state index contributed by atoms with van der Waals surface area (Å²) in [5.41, 5.74) is -2.59. The first-order valence-corrected chi connectivity index (χ1v) is 9.70. The number of benzene rings is 2. The summed E-state index contributed by atoms with van der Waals surface area (Å²) >= 11 is 0. The van der Waals surface area contributed by atoms with E-state index in [1.54, 1.807) is 6.07 Å². The lowest BCUT2D eigenvalue weighted by Crippen LogP contribution is -2.41. The van der Waals surface area contributed by atoms with Gasteiger partial charge >= 0.3 is 6.18 Å². The van der Waals surface area contributed by atoms with Crippen molar-refractivity contribution in [3.05, 3.63) is 52.8 Å². The summed E-state index contributed by atoms with van der Waals surface area (Å²) in [4.78, 5) is 18.1. The van der Waals surface area contributed by atoms with Crippen LogP contribution in [0.4, 0.5) is 28.9 Å². The van der Waals surface area contributed by atoms with Crippen molar-refractivity contribution < 1.29 is 27.1 Å². The lowest BCUT2D eigenvalue weighted by atomic mass is 10.0. The van der Waals surface area contributed by atoms with Crippen LogP contribution in [0.2, 0.25) is 0 Å². The molecule has 1 aliphatic heterocycles. The molecule has 1 N–H and O–H groups in total. The van der Waals surface area contributed by atoms with E-state index in [0.717, 1.165) is 31.5 Å². The Morgan fingerprint density at radius 3 is 2.66 bits per heavy atom. The Morgan fingerprint density at radius 2 is 2.12 bits per heavy atom. The average Bonchev–Trinajstić information content (AvgIpc) is 3.28. The van der Waals surface area contributed by atoms with Crippen LogP contribution in [0.1, 0.15) is 34.3 Å². The third kappa shape index (κ3) is 4.73. The molecule has 3 rings (SSSR count). The second-order valence-electron chi connectivity index (χ2n) is 7.22. The molecule has 1 fully saturated rings. The molecule has 6 nitrogen and oxygen atoms in total. The molecule has 32 heavy (non-hydrogen) atoms. The number of carbonyl (C=O) groups is 1.